The molecular formula is C12H5F15N+. The molecule has 0 amide bonds. The molecule has 0 N–H and O–H groups in total. The molecule has 0 aliphatic carbocycles. The number of halogens is 15. The number of hydrogen-bond donors (Lipinski definition) is 0. The molecule has 1 aromatic heterocycles. The van der Waals surface area contributed by atoms with E-state index in [1.54, 1.807) is 0 Å². The highest BCUT2D eigenvalue weighted by Crippen LogP contribution is 2.62. The average molecular weight is 448 g/mol. The fraction of sp³-hybridized carbons (Fsp3) is 0.583. The fourth-order valence-corrected chi connectivity index (χ4v) is 1.71. The minimum Gasteiger partial charge on any atom is -0.192 e. The number of aromatic nitrogens is 1. The number of hydrogen-bond acceptors (Lipinski definition) is 0. The van der Waals surface area contributed by atoms with Gasteiger partial charge in [-0.15, -0.1) is 13.3 Å². The van der Waals surface area contributed by atoms with Gasteiger partial charge in [-0.05, 0) is 0 Å². The summed E-state index contributed by atoms with van der Waals surface area (Å²) < 4.78 is 193. The third-order valence-electron chi connectivity index (χ3n) is 3.35. The predicted molar refractivity (Wildman–Crippen MR) is 57.6 cm³/mol. The van der Waals surface area contributed by atoms with Crippen LogP contribution in [0.4, 0.5) is 65.9 Å². The van der Waals surface area contributed by atoms with Gasteiger partial charge in [-0.1, -0.05) is 6.07 Å². The van der Waals surface area contributed by atoms with E-state index in [2.05, 4.69) is 0 Å². The second-order valence-electron chi connectivity index (χ2n) is 5.19. The molecule has 0 bridgehead atoms. The fourth-order valence-electron chi connectivity index (χ4n) is 1.71. The SMILES string of the molecule is FC(F)(F)C(F)(F)C(F)(F)C(F)(F)C(F)(F)C(F)(F)C(F)(F)[n+]1ccccc1. The molecule has 1 heterocycles. The van der Waals surface area contributed by atoms with Gasteiger partial charge in [0.1, 0.15) is 0 Å². The van der Waals surface area contributed by atoms with Crippen molar-refractivity contribution in [1.29, 1.82) is 0 Å². The molecule has 0 spiro atoms. The van der Waals surface area contributed by atoms with E-state index >= 15 is 0 Å². The highest BCUT2D eigenvalue weighted by molar-refractivity contribution is 5.11. The molecule has 0 atom stereocenters. The summed E-state index contributed by atoms with van der Waals surface area (Å²) in [6, 6.07) is -4.65. The minimum absolute atomic E-state index is 0.107. The van der Waals surface area contributed by atoms with E-state index < -0.39 is 46.4 Å². The molecule has 0 aliphatic heterocycles. The molecule has 0 fully saturated rings. The average Bonchev–Trinajstić information content (AvgIpc) is 2.53. The van der Waals surface area contributed by atoms with Crippen LogP contribution >= 0.6 is 0 Å². The minimum atomic E-state index is -8.28. The van der Waals surface area contributed by atoms with Gasteiger partial charge in [0, 0.05) is 12.1 Å². The van der Waals surface area contributed by atoms with E-state index in [0.29, 0.717) is 12.1 Å². The topological polar surface area (TPSA) is 3.88 Å². The summed E-state index contributed by atoms with van der Waals surface area (Å²) >= 11 is 0. The van der Waals surface area contributed by atoms with Gasteiger partial charge in [0.05, 0.1) is 0 Å². The van der Waals surface area contributed by atoms with Crippen LogP contribution in [0.3, 0.4) is 0 Å². The smallest absolute Gasteiger partial charge is 0.192 e. The Labute approximate surface area is 144 Å². The third-order valence-corrected chi connectivity index (χ3v) is 3.35. The number of pyridine rings is 1. The van der Waals surface area contributed by atoms with Crippen molar-refractivity contribution in [2.45, 2.75) is 41.8 Å². The summed E-state index contributed by atoms with van der Waals surface area (Å²) in [6.45, 7) is 0. The van der Waals surface area contributed by atoms with Crippen LogP contribution < -0.4 is 4.57 Å². The maximum Gasteiger partial charge on any atom is 0.534 e. The second-order valence-corrected chi connectivity index (χ2v) is 5.19. The summed E-state index contributed by atoms with van der Waals surface area (Å²) in [4.78, 5) is 0. The Balaban J connectivity index is 3.62. The molecule has 0 saturated heterocycles. The van der Waals surface area contributed by atoms with E-state index in [1.807, 2.05) is 0 Å². The molecule has 0 unspecified atom stereocenters. The lowest BCUT2D eigenvalue weighted by Gasteiger charge is -2.39. The molecule has 0 aromatic carbocycles. The maximum absolute atomic E-state index is 13.6. The lowest BCUT2D eigenvalue weighted by molar-refractivity contribution is -0.849. The van der Waals surface area contributed by atoms with Gasteiger partial charge < -0.3 is 0 Å². The van der Waals surface area contributed by atoms with Gasteiger partial charge in [0.25, 0.3) is 0 Å². The molecule has 1 aromatic rings. The van der Waals surface area contributed by atoms with Crippen molar-refractivity contribution in [2.75, 3.05) is 0 Å². The highest BCUT2D eigenvalue weighted by atomic mass is 19.4. The van der Waals surface area contributed by atoms with Crippen LogP contribution in [0.5, 0.6) is 0 Å². The molecule has 0 saturated carbocycles. The van der Waals surface area contributed by atoms with Crippen LogP contribution in [0.15, 0.2) is 30.6 Å². The van der Waals surface area contributed by atoms with Gasteiger partial charge in [-0.25, -0.2) is 0 Å². The van der Waals surface area contributed by atoms with E-state index in [0.717, 1.165) is 6.07 Å². The lowest BCUT2D eigenvalue weighted by Crippen LogP contribution is -2.75. The van der Waals surface area contributed by atoms with Crippen LogP contribution in [0.2, 0.25) is 0 Å². The predicted octanol–water partition coefficient (Wildman–Crippen LogP) is 5.26. The van der Waals surface area contributed by atoms with Crippen molar-refractivity contribution in [1.82, 2.24) is 0 Å². The number of rotatable bonds is 6. The normalized spacial score (nSPS) is 15.7. The van der Waals surface area contributed by atoms with Crippen LogP contribution in [-0.4, -0.2) is 35.8 Å². The first-order chi connectivity index (χ1) is 12.1. The molecule has 1 nitrogen and oxygen atoms in total. The summed E-state index contributed by atoms with van der Waals surface area (Å²) in [5.41, 5.74) is 0. The zero-order valence-corrected chi connectivity index (χ0v) is 12.5. The van der Waals surface area contributed by atoms with Gasteiger partial charge in [0.2, 0.25) is 0 Å². The number of alkyl halides is 15. The van der Waals surface area contributed by atoms with Crippen molar-refractivity contribution in [3.8, 4) is 0 Å². The van der Waals surface area contributed by atoms with E-state index in [1.165, 1.54) is 0 Å². The zero-order valence-electron chi connectivity index (χ0n) is 12.5. The van der Waals surface area contributed by atoms with Crippen molar-refractivity contribution < 1.29 is 70.4 Å². The third kappa shape index (κ3) is 2.94. The van der Waals surface area contributed by atoms with Crippen molar-refractivity contribution in [3.05, 3.63) is 30.6 Å². The summed E-state index contributed by atoms with van der Waals surface area (Å²) in [5.74, 6) is -40.1. The maximum atomic E-state index is 13.6. The van der Waals surface area contributed by atoms with Gasteiger partial charge >= 0.3 is 41.8 Å². The van der Waals surface area contributed by atoms with Crippen LogP contribution in [0, 0.1) is 0 Å². The van der Waals surface area contributed by atoms with Crippen molar-refractivity contribution in [3.63, 3.8) is 0 Å². The monoisotopic (exact) mass is 448 g/mol. The van der Waals surface area contributed by atoms with Crippen LogP contribution in [-0.2, 0) is 6.05 Å². The molecule has 0 aliphatic rings. The van der Waals surface area contributed by atoms with Crippen molar-refractivity contribution in [2.24, 2.45) is 0 Å². The van der Waals surface area contributed by atoms with E-state index in [9.17, 15) is 65.9 Å². The molecular weight excluding hydrogens is 443 g/mol. The Hall–Kier alpha value is -1.90. The van der Waals surface area contributed by atoms with E-state index in [-0.39, 0.29) is 12.4 Å². The van der Waals surface area contributed by atoms with Crippen LogP contribution in [0.1, 0.15) is 0 Å². The molecule has 28 heavy (non-hydrogen) atoms. The Morgan fingerprint density at radius 2 is 0.714 bits per heavy atom. The summed E-state index contributed by atoms with van der Waals surface area (Å²) in [5, 5.41) is 0. The zero-order chi connectivity index (χ0) is 22.6. The van der Waals surface area contributed by atoms with Crippen LogP contribution in [0.25, 0.3) is 0 Å². The standard InChI is InChI=1S/C12H5F15N/c13-6(14,7(15,16)9(19,20)11(23,24)25)8(17,18)10(21,22)12(26,27)28-4-2-1-3-5-28/h1-5H/q+1. The Kier molecular flexibility index (Phi) is 5.43. The first kappa shape index (κ1) is 24.1. The number of nitrogens with zero attached hydrogens (tertiary/aromatic N) is 1. The summed E-state index contributed by atoms with van der Waals surface area (Å²) in [7, 11) is 0. The summed E-state index contributed by atoms with van der Waals surface area (Å²) in [6.07, 6.45) is -7.82. The van der Waals surface area contributed by atoms with Gasteiger partial charge in [-0.3, -0.25) is 0 Å². The Morgan fingerprint density at radius 1 is 0.393 bits per heavy atom. The molecule has 0 radical (unpaired) electrons. The first-order valence-corrected chi connectivity index (χ1v) is 6.41. The van der Waals surface area contributed by atoms with Gasteiger partial charge in [0.15, 0.2) is 12.4 Å². The van der Waals surface area contributed by atoms with Crippen molar-refractivity contribution >= 4 is 0 Å². The Morgan fingerprint density at radius 3 is 1.07 bits per heavy atom. The second kappa shape index (κ2) is 6.30. The first-order valence-electron chi connectivity index (χ1n) is 6.41. The quantitative estimate of drug-likeness (QED) is 0.413. The molecule has 1 rings (SSSR count). The largest absolute Gasteiger partial charge is 0.534 e. The highest BCUT2D eigenvalue weighted by Gasteiger charge is 2.95. The lowest BCUT2D eigenvalue weighted by atomic mass is 9.93. The van der Waals surface area contributed by atoms with Gasteiger partial charge in [-0.2, -0.15) is 57.1 Å². The molecule has 162 valence electrons. The Bertz CT molecular complexity index is 691. The van der Waals surface area contributed by atoms with E-state index in [4.69, 9.17) is 0 Å². The molecule has 16 heteroatoms.